The minimum Gasteiger partial charge on any atom is -0.496 e. The number of ether oxygens (including phenoxy) is 2. The summed E-state index contributed by atoms with van der Waals surface area (Å²) in [6.45, 7) is 1.26. The van der Waals surface area contributed by atoms with Crippen LogP contribution in [0.4, 0.5) is 5.69 Å². The number of nitrogens with one attached hydrogen (secondary N) is 1. The van der Waals surface area contributed by atoms with E-state index in [4.69, 9.17) is 26.8 Å². The van der Waals surface area contributed by atoms with Gasteiger partial charge in [0.1, 0.15) is 5.75 Å². The van der Waals surface area contributed by atoms with Crippen LogP contribution in [0.1, 0.15) is 34.9 Å². The third-order valence-electron chi connectivity index (χ3n) is 4.66. The molecule has 0 saturated carbocycles. The number of halogens is 2. The molecular formula is C20H24Cl2N2O3. The average molecular weight is 411 g/mol. The lowest BCUT2D eigenvalue weighted by atomic mass is 9.89. The van der Waals surface area contributed by atoms with Gasteiger partial charge in [0.2, 0.25) is 0 Å². The summed E-state index contributed by atoms with van der Waals surface area (Å²) in [5, 5.41) is 3.32. The van der Waals surface area contributed by atoms with Crippen molar-refractivity contribution in [1.82, 2.24) is 5.32 Å². The Bertz CT molecular complexity index is 771. The largest absolute Gasteiger partial charge is 0.496 e. The van der Waals surface area contributed by atoms with Gasteiger partial charge in [0.25, 0.3) is 5.91 Å². The second kappa shape index (κ2) is 9.83. The smallest absolute Gasteiger partial charge is 0.255 e. The highest BCUT2D eigenvalue weighted by Crippen LogP contribution is 2.33. The molecule has 0 radical (unpaired) electrons. The number of nitrogens with two attached hydrogens (primary N) is 1. The van der Waals surface area contributed by atoms with Crippen LogP contribution in [0.3, 0.4) is 0 Å². The van der Waals surface area contributed by atoms with Gasteiger partial charge in [-0.2, -0.15) is 0 Å². The first-order valence-electron chi connectivity index (χ1n) is 8.68. The highest BCUT2D eigenvalue weighted by molar-refractivity contribution is 6.33. The molecule has 1 aliphatic heterocycles. The molecule has 1 saturated heterocycles. The van der Waals surface area contributed by atoms with Crippen LogP contribution in [0.5, 0.6) is 5.75 Å². The standard InChI is InChI=1S/C20H23ClN2O3.ClH/c1-25-18-11-17(22)16(21)10-15(18)20(24)23-12-14-8-5-9-26-19(14)13-6-3-2-4-7-13;/h2-4,6-7,10-11,14,19H,5,8-9,12,22H2,1H3,(H,23,24);1H. The van der Waals surface area contributed by atoms with E-state index in [-0.39, 0.29) is 30.3 Å². The lowest BCUT2D eigenvalue weighted by Crippen LogP contribution is -2.35. The molecule has 5 nitrogen and oxygen atoms in total. The second-order valence-corrected chi connectivity index (χ2v) is 6.80. The van der Waals surface area contributed by atoms with Crippen LogP contribution in [0.15, 0.2) is 42.5 Å². The fourth-order valence-corrected chi connectivity index (χ4v) is 3.46. The second-order valence-electron chi connectivity index (χ2n) is 6.39. The van der Waals surface area contributed by atoms with Crippen LogP contribution in [0, 0.1) is 5.92 Å². The van der Waals surface area contributed by atoms with Crippen LogP contribution in [-0.2, 0) is 4.74 Å². The lowest BCUT2D eigenvalue weighted by molar-refractivity contribution is -0.0272. The predicted octanol–water partition coefficient (Wildman–Crippen LogP) is 4.25. The van der Waals surface area contributed by atoms with E-state index >= 15 is 0 Å². The SMILES string of the molecule is COc1cc(N)c(Cl)cc1C(=O)NCC1CCCOC1c1ccccc1.Cl. The number of amides is 1. The first-order valence-corrected chi connectivity index (χ1v) is 9.05. The summed E-state index contributed by atoms with van der Waals surface area (Å²) in [7, 11) is 1.50. The maximum absolute atomic E-state index is 12.6. The summed E-state index contributed by atoms with van der Waals surface area (Å²) >= 11 is 6.06. The van der Waals surface area contributed by atoms with Crippen molar-refractivity contribution in [3.63, 3.8) is 0 Å². The molecule has 2 aromatic carbocycles. The van der Waals surface area contributed by atoms with E-state index in [2.05, 4.69) is 17.4 Å². The number of anilines is 1. The Kier molecular flexibility index (Phi) is 7.78. The zero-order valence-electron chi connectivity index (χ0n) is 15.1. The van der Waals surface area contributed by atoms with Gasteiger partial charge < -0.3 is 20.5 Å². The first kappa shape index (κ1) is 21.4. The van der Waals surface area contributed by atoms with Gasteiger partial charge in [0, 0.05) is 25.1 Å². The van der Waals surface area contributed by atoms with Gasteiger partial charge in [-0.15, -0.1) is 12.4 Å². The lowest BCUT2D eigenvalue weighted by Gasteiger charge is -2.32. The Balaban J connectivity index is 0.00000261. The van der Waals surface area contributed by atoms with E-state index in [1.165, 1.54) is 13.2 Å². The number of carbonyl (C=O) groups excluding carboxylic acids is 1. The van der Waals surface area contributed by atoms with Crippen molar-refractivity contribution < 1.29 is 14.3 Å². The molecule has 1 aliphatic rings. The number of rotatable bonds is 5. The van der Waals surface area contributed by atoms with Crippen molar-refractivity contribution in [2.45, 2.75) is 18.9 Å². The van der Waals surface area contributed by atoms with Crippen molar-refractivity contribution in [1.29, 1.82) is 0 Å². The Labute approximate surface area is 170 Å². The predicted molar refractivity (Wildman–Crippen MR) is 110 cm³/mol. The molecule has 2 aromatic rings. The van der Waals surface area contributed by atoms with E-state index in [1.54, 1.807) is 6.07 Å². The summed E-state index contributed by atoms with van der Waals surface area (Å²) in [5.74, 6) is 0.385. The van der Waals surface area contributed by atoms with E-state index in [0.29, 0.717) is 28.6 Å². The molecule has 146 valence electrons. The molecule has 0 spiro atoms. The van der Waals surface area contributed by atoms with Crippen LogP contribution in [0.25, 0.3) is 0 Å². The van der Waals surface area contributed by atoms with Gasteiger partial charge >= 0.3 is 0 Å². The Morgan fingerprint density at radius 2 is 2.07 bits per heavy atom. The van der Waals surface area contributed by atoms with Crippen LogP contribution in [0.2, 0.25) is 5.02 Å². The summed E-state index contributed by atoms with van der Waals surface area (Å²) in [6, 6.07) is 13.2. The monoisotopic (exact) mass is 410 g/mol. The van der Waals surface area contributed by atoms with Crippen molar-refractivity contribution in [3.8, 4) is 5.75 Å². The maximum atomic E-state index is 12.6. The van der Waals surface area contributed by atoms with Gasteiger partial charge in [0.05, 0.1) is 29.5 Å². The zero-order valence-corrected chi connectivity index (χ0v) is 16.7. The minimum absolute atomic E-state index is 0. The summed E-state index contributed by atoms with van der Waals surface area (Å²) in [5.41, 5.74) is 7.67. The molecule has 3 rings (SSSR count). The summed E-state index contributed by atoms with van der Waals surface area (Å²) < 4.78 is 11.2. The van der Waals surface area contributed by atoms with Crippen molar-refractivity contribution in [2.24, 2.45) is 5.92 Å². The average Bonchev–Trinajstić information content (AvgIpc) is 2.68. The number of hydrogen-bond donors (Lipinski definition) is 2. The van der Waals surface area contributed by atoms with Crippen LogP contribution < -0.4 is 15.8 Å². The Morgan fingerprint density at radius 3 is 2.78 bits per heavy atom. The number of hydrogen-bond acceptors (Lipinski definition) is 4. The number of carbonyl (C=O) groups is 1. The maximum Gasteiger partial charge on any atom is 0.255 e. The molecule has 1 amide bonds. The highest BCUT2D eigenvalue weighted by Gasteiger charge is 2.28. The Hall–Kier alpha value is -1.95. The molecule has 3 N–H and O–H groups in total. The summed E-state index contributed by atoms with van der Waals surface area (Å²) in [6.07, 6.45) is 1.97. The first-order chi connectivity index (χ1) is 12.6. The Morgan fingerprint density at radius 1 is 1.33 bits per heavy atom. The van der Waals surface area contributed by atoms with Crippen molar-refractivity contribution >= 4 is 35.6 Å². The van der Waals surface area contributed by atoms with Gasteiger partial charge in [-0.05, 0) is 24.5 Å². The van der Waals surface area contributed by atoms with Crippen molar-refractivity contribution in [3.05, 3.63) is 58.6 Å². The minimum atomic E-state index is -0.235. The van der Waals surface area contributed by atoms with E-state index in [0.717, 1.165) is 25.0 Å². The van der Waals surface area contributed by atoms with E-state index in [9.17, 15) is 4.79 Å². The normalized spacial score (nSPS) is 19.0. The molecule has 0 aromatic heterocycles. The van der Waals surface area contributed by atoms with Gasteiger partial charge in [-0.25, -0.2) is 0 Å². The molecule has 0 bridgehead atoms. The molecule has 1 heterocycles. The fraction of sp³-hybridized carbons (Fsp3) is 0.350. The quantitative estimate of drug-likeness (QED) is 0.722. The summed E-state index contributed by atoms with van der Waals surface area (Å²) in [4.78, 5) is 12.6. The number of nitrogen functional groups attached to an aromatic ring is 1. The van der Waals surface area contributed by atoms with Gasteiger partial charge in [0.15, 0.2) is 0 Å². The molecule has 2 unspecified atom stereocenters. The molecular weight excluding hydrogens is 387 g/mol. The molecule has 1 fully saturated rings. The molecule has 7 heteroatoms. The third-order valence-corrected chi connectivity index (χ3v) is 4.99. The van der Waals surface area contributed by atoms with Crippen LogP contribution >= 0.6 is 24.0 Å². The van der Waals surface area contributed by atoms with Gasteiger partial charge in [-0.1, -0.05) is 41.9 Å². The fourth-order valence-electron chi connectivity index (χ4n) is 3.30. The zero-order chi connectivity index (χ0) is 18.5. The van der Waals surface area contributed by atoms with E-state index < -0.39 is 0 Å². The highest BCUT2D eigenvalue weighted by atomic mass is 35.5. The number of benzene rings is 2. The molecule has 0 aliphatic carbocycles. The molecule has 27 heavy (non-hydrogen) atoms. The molecule has 2 atom stereocenters. The van der Waals surface area contributed by atoms with Crippen LogP contribution in [-0.4, -0.2) is 26.2 Å². The topological polar surface area (TPSA) is 73.6 Å². The van der Waals surface area contributed by atoms with Crippen molar-refractivity contribution in [2.75, 3.05) is 26.0 Å². The van der Waals surface area contributed by atoms with E-state index in [1.807, 2.05) is 18.2 Å². The van der Waals surface area contributed by atoms with Gasteiger partial charge in [-0.3, -0.25) is 4.79 Å². The third kappa shape index (κ3) is 5.06. The number of methoxy groups -OCH3 is 1.